The third-order valence-corrected chi connectivity index (χ3v) is 18.0. The molecule has 0 unspecified atom stereocenters. The Hall–Kier alpha value is 0.269. The van der Waals surface area contributed by atoms with Gasteiger partial charge in [-0.25, -0.2) is 0 Å². The van der Waals surface area contributed by atoms with E-state index in [0.717, 1.165) is 12.8 Å². The molecule has 0 aromatic carbocycles. The van der Waals surface area contributed by atoms with Crippen molar-refractivity contribution in [3.8, 4) is 0 Å². The normalized spacial score (nSPS) is 11.6. The zero-order valence-corrected chi connectivity index (χ0v) is 18.6. The quantitative estimate of drug-likeness (QED) is 0.215. The molecule has 22 heavy (non-hydrogen) atoms. The topological polar surface area (TPSA) is 26.3 Å². The summed E-state index contributed by atoms with van der Waals surface area (Å²) in [4.78, 5) is 12.2. The van der Waals surface area contributed by atoms with Crippen LogP contribution in [0.4, 0.5) is 0 Å². The molecular formula is C19H40O2Sn. The summed E-state index contributed by atoms with van der Waals surface area (Å²) in [6, 6.07) is 0. The SMILES string of the molecule is CCCCCCC[CH2][Sn]([CH2]CC)([CH2]CC)[O]C(=O)CCCC. The first kappa shape index (κ1) is 22.3. The Morgan fingerprint density at radius 2 is 1.23 bits per heavy atom. The first-order chi connectivity index (χ1) is 10.6. The average Bonchev–Trinajstić information content (AvgIpc) is 2.49. The molecule has 0 aliphatic rings. The van der Waals surface area contributed by atoms with E-state index in [1.54, 1.807) is 0 Å². The van der Waals surface area contributed by atoms with Crippen molar-refractivity contribution in [3.05, 3.63) is 0 Å². The van der Waals surface area contributed by atoms with Crippen LogP contribution in [0.25, 0.3) is 0 Å². The van der Waals surface area contributed by atoms with Gasteiger partial charge in [-0.05, 0) is 0 Å². The molecule has 0 heterocycles. The molecule has 0 aromatic heterocycles. The third kappa shape index (κ3) is 10.9. The average molecular weight is 419 g/mol. The molecule has 0 saturated carbocycles. The van der Waals surface area contributed by atoms with Crippen molar-refractivity contribution in [1.29, 1.82) is 0 Å². The minimum absolute atomic E-state index is 0.116. The molecule has 0 aliphatic carbocycles. The van der Waals surface area contributed by atoms with E-state index in [0.29, 0.717) is 6.42 Å². The van der Waals surface area contributed by atoms with Crippen LogP contribution in [-0.2, 0) is 7.87 Å². The number of carbonyl (C=O) groups excluding carboxylic acids is 1. The van der Waals surface area contributed by atoms with Crippen LogP contribution in [-0.4, -0.2) is 24.8 Å². The van der Waals surface area contributed by atoms with Gasteiger partial charge in [0, 0.05) is 0 Å². The maximum atomic E-state index is 12.2. The third-order valence-electron chi connectivity index (χ3n) is 4.46. The summed E-state index contributed by atoms with van der Waals surface area (Å²) in [6.45, 7) is 8.91. The number of hydrogen-bond donors (Lipinski definition) is 0. The Morgan fingerprint density at radius 1 is 0.682 bits per heavy atom. The number of carbonyl (C=O) groups is 1. The first-order valence-corrected chi connectivity index (χ1v) is 17.1. The fourth-order valence-corrected chi connectivity index (χ4v) is 15.7. The summed E-state index contributed by atoms with van der Waals surface area (Å²) in [5.74, 6) is 0.116. The van der Waals surface area contributed by atoms with E-state index in [1.165, 1.54) is 64.7 Å². The van der Waals surface area contributed by atoms with Crippen molar-refractivity contribution < 1.29 is 7.87 Å². The predicted molar refractivity (Wildman–Crippen MR) is 99.8 cm³/mol. The Bertz CT molecular complexity index is 260. The van der Waals surface area contributed by atoms with Gasteiger partial charge in [-0.3, -0.25) is 0 Å². The Balaban J connectivity index is 4.39. The summed E-state index contributed by atoms with van der Waals surface area (Å²) in [5.41, 5.74) is 0. The van der Waals surface area contributed by atoms with Gasteiger partial charge in [0.25, 0.3) is 0 Å². The van der Waals surface area contributed by atoms with Gasteiger partial charge < -0.3 is 0 Å². The van der Waals surface area contributed by atoms with E-state index < -0.39 is 18.8 Å². The van der Waals surface area contributed by atoms with Gasteiger partial charge in [-0.2, -0.15) is 0 Å². The predicted octanol–water partition coefficient (Wildman–Crippen LogP) is 6.85. The van der Waals surface area contributed by atoms with Crippen molar-refractivity contribution >= 4 is 24.8 Å². The molecule has 3 heteroatoms. The van der Waals surface area contributed by atoms with Crippen molar-refractivity contribution in [2.45, 2.75) is 112 Å². The van der Waals surface area contributed by atoms with E-state index in [-0.39, 0.29) is 5.97 Å². The van der Waals surface area contributed by atoms with Crippen LogP contribution in [0.2, 0.25) is 13.3 Å². The van der Waals surface area contributed by atoms with E-state index in [1.807, 2.05) is 0 Å². The van der Waals surface area contributed by atoms with Crippen molar-refractivity contribution in [2.75, 3.05) is 0 Å². The summed E-state index contributed by atoms with van der Waals surface area (Å²) in [5, 5.41) is 0. The van der Waals surface area contributed by atoms with Crippen LogP contribution in [0.5, 0.6) is 0 Å². The second-order valence-electron chi connectivity index (χ2n) is 6.78. The van der Waals surface area contributed by atoms with E-state index in [9.17, 15) is 4.79 Å². The fraction of sp³-hybridized carbons (Fsp3) is 0.947. The second kappa shape index (κ2) is 14.8. The Kier molecular flexibility index (Phi) is 15.0. The van der Waals surface area contributed by atoms with Gasteiger partial charge in [0.2, 0.25) is 0 Å². The molecule has 0 bridgehead atoms. The number of rotatable bonds is 15. The molecule has 132 valence electrons. The summed E-state index contributed by atoms with van der Waals surface area (Å²) in [7, 11) is 0. The van der Waals surface area contributed by atoms with Crippen LogP contribution in [0.15, 0.2) is 0 Å². The van der Waals surface area contributed by atoms with Crippen molar-refractivity contribution in [1.82, 2.24) is 0 Å². The standard InChI is InChI=1S/C8H17.C5H10O2.2C3H7.Sn/c1-3-5-7-8-6-4-2;1-2-3-4-5(6)7;2*1-3-2;/h1,3-8H2,2H3;2-4H2,1H3,(H,6,7);2*1,3H2,2H3;/q;;;;+1/p-1. The van der Waals surface area contributed by atoms with Crippen LogP contribution < -0.4 is 0 Å². The molecule has 0 saturated heterocycles. The molecule has 0 aromatic rings. The van der Waals surface area contributed by atoms with Gasteiger partial charge in [-0.15, -0.1) is 0 Å². The first-order valence-electron chi connectivity index (χ1n) is 9.86. The van der Waals surface area contributed by atoms with E-state index >= 15 is 0 Å². The number of hydrogen-bond acceptors (Lipinski definition) is 2. The molecule has 0 N–H and O–H groups in total. The second-order valence-corrected chi connectivity index (χ2v) is 18.4. The van der Waals surface area contributed by atoms with Gasteiger partial charge in [0.1, 0.15) is 0 Å². The monoisotopic (exact) mass is 420 g/mol. The summed E-state index contributed by atoms with van der Waals surface area (Å²) < 4.78 is 9.95. The Labute approximate surface area is 144 Å². The molecule has 0 aliphatic heterocycles. The van der Waals surface area contributed by atoms with Gasteiger partial charge in [0.05, 0.1) is 0 Å². The van der Waals surface area contributed by atoms with Crippen molar-refractivity contribution in [2.24, 2.45) is 0 Å². The summed E-state index contributed by atoms with van der Waals surface area (Å²) >= 11 is -2.67. The van der Waals surface area contributed by atoms with Gasteiger partial charge >= 0.3 is 144 Å². The molecular weight excluding hydrogens is 379 g/mol. The van der Waals surface area contributed by atoms with E-state index in [2.05, 4.69) is 27.7 Å². The molecule has 0 spiro atoms. The molecule has 0 rings (SSSR count). The maximum absolute atomic E-state index is 12.2. The van der Waals surface area contributed by atoms with Crippen molar-refractivity contribution in [3.63, 3.8) is 0 Å². The summed E-state index contributed by atoms with van der Waals surface area (Å²) in [6.07, 6.45) is 13.1. The molecule has 0 fully saturated rings. The molecule has 0 amide bonds. The zero-order valence-electron chi connectivity index (χ0n) is 15.7. The van der Waals surface area contributed by atoms with Gasteiger partial charge in [0.15, 0.2) is 0 Å². The van der Waals surface area contributed by atoms with Crippen LogP contribution in [0, 0.1) is 0 Å². The number of unbranched alkanes of at least 4 members (excludes halogenated alkanes) is 6. The molecule has 0 atom stereocenters. The van der Waals surface area contributed by atoms with Crippen LogP contribution in [0.3, 0.4) is 0 Å². The molecule has 2 nitrogen and oxygen atoms in total. The minimum atomic E-state index is -2.67. The van der Waals surface area contributed by atoms with E-state index in [4.69, 9.17) is 3.07 Å². The van der Waals surface area contributed by atoms with Crippen LogP contribution in [0.1, 0.15) is 98.3 Å². The Morgan fingerprint density at radius 3 is 1.77 bits per heavy atom. The zero-order chi connectivity index (χ0) is 16.7. The van der Waals surface area contributed by atoms with Gasteiger partial charge in [-0.1, -0.05) is 0 Å². The van der Waals surface area contributed by atoms with Crippen LogP contribution >= 0.6 is 0 Å². The molecule has 0 radical (unpaired) electrons. The fourth-order valence-electron chi connectivity index (χ4n) is 3.28.